The van der Waals surface area contributed by atoms with Gasteiger partial charge in [-0.1, -0.05) is 0 Å². The Kier molecular flexibility index (Phi) is 3.44. The number of rotatable bonds is 6. The maximum Gasteiger partial charge on any atom is 0.117 e. The molecule has 3 nitrogen and oxygen atoms in total. The van der Waals surface area contributed by atoms with Gasteiger partial charge in [-0.25, -0.2) is 0 Å². The van der Waals surface area contributed by atoms with Crippen LogP contribution in [0.1, 0.15) is 31.3 Å². The van der Waals surface area contributed by atoms with E-state index in [1.165, 1.54) is 12.8 Å². The first-order valence-corrected chi connectivity index (χ1v) is 5.76. The molecule has 1 aliphatic carbocycles. The van der Waals surface area contributed by atoms with E-state index >= 15 is 0 Å². The van der Waals surface area contributed by atoms with Crippen molar-refractivity contribution in [1.82, 2.24) is 10.6 Å². The molecule has 84 valence electrons. The van der Waals surface area contributed by atoms with E-state index in [-0.39, 0.29) is 0 Å². The van der Waals surface area contributed by atoms with Gasteiger partial charge in [-0.2, -0.15) is 0 Å². The summed E-state index contributed by atoms with van der Waals surface area (Å²) in [6, 6.07) is 5.32. The highest BCUT2D eigenvalue weighted by Gasteiger charge is 2.20. The van der Waals surface area contributed by atoms with E-state index in [1.807, 2.05) is 19.1 Å². The van der Waals surface area contributed by atoms with Crippen LogP contribution in [-0.4, -0.2) is 18.6 Å². The molecule has 0 amide bonds. The van der Waals surface area contributed by atoms with Gasteiger partial charge in [-0.3, -0.25) is 0 Å². The zero-order valence-corrected chi connectivity index (χ0v) is 9.55. The van der Waals surface area contributed by atoms with Crippen molar-refractivity contribution in [3.63, 3.8) is 0 Å². The minimum absolute atomic E-state index is 0.496. The molecule has 0 spiro atoms. The largest absolute Gasteiger partial charge is 0.465 e. The maximum absolute atomic E-state index is 5.49. The van der Waals surface area contributed by atoms with Crippen molar-refractivity contribution in [2.45, 2.75) is 45.3 Å². The molecule has 0 aromatic carbocycles. The van der Waals surface area contributed by atoms with Gasteiger partial charge in [0.05, 0.1) is 6.54 Å². The van der Waals surface area contributed by atoms with Gasteiger partial charge >= 0.3 is 0 Å². The second-order valence-corrected chi connectivity index (χ2v) is 4.48. The van der Waals surface area contributed by atoms with Crippen molar-refractivity contribution >= 4 is 0 Å². The van der Waals surface area contributed by atoms with Gasteiger partial charge in [0.1, 0.15) is 11.5 Å². The Bertz CT molecular complexity index is 304. The maximum atomic E-state index is 5.49. The molecule has 1 fully saturated rings. The molecule has 1 heterocycles. The monoisotopic (exact) mass is 208 g/mol. The van der Waals surface area contributed by atoms with E-state index in [2.05, 4.69) is 17.6 Å². The zero-order chi connectivity index (χ0) is 10.7. The number of aryl methyl sites for hydroxylation is 1. The standard InChI is InChI=1S/C12H20N2O/c1-9(7-14-11-4-5-11)13-8-12-6-3-10(2)15-12/h3,6,9,11,13-14H,4-5,7-8H2,1-2H3. The minimum Gasteiger partial charge on any atom is -0.465 e. The molecule has 0 saturated heterocycles. The highest BCUT2D eigenvalue weighted by molar-refractivity contribution is 5.05. The zero-order valence-electron chi connectivity index (χ0n) is 9.55. The van der Waals surface area contributed by atoms with Crippen molar-refractivity contribution in [2.24, 2.45) is 0 Å². The first-order valence-electron chi connectivity index (χ1n) is 5.76. The Balaban J connectivity index is 1.63. The van der Waals surface area contributed by atoms with Crippen molar-refractivity contribution in [1.29, 1.82) is 0 Å². The van der Waals surface area contributed by atoms with E-state index in [4.69, 9.17) is 4.42 Å². The smallest absolute Gasteiger partial charge is 0.117 e. The minimum atomic E-state index is 0.496. The highest BCUT2D eigenvalue weighted by Crippen LogP contribution is 2.18. The Morgan fingerprint density at radius 3 is 2.87 bits per heavy atom. The van der Waals surface area contributed by atoms with Crippen molar-refractivity contribution in [2.75, 3.05) is 6.54 Å². The van der Waals surface area contributed by atoms with E-state index in [0.29, 0.717) is 6.04 Å². The second kappa shape index (κ2) is 4.81. The Morgan fingerprint density at radius 1 is 1.47 bits per heavy atom. The number of nitrogens with one attached hydrogen (secondary N) is 2. The third-order valence-corrected chi connectivity index (χ3v) is 2.71. The average molecular weight is 208 g/mol. The summed E-state index contributed by atoms with van der Waals surface area (Å²) in [4.78, 5) is 0. The predicted molar refractivity (Wildman–Crippen MR) is 60.8 cm³/mol. The van der Waals surface area contributed by atoms with Crippen LogP contribution in [0, 0.1) is 6.92 Å². The SMILES string of the molecule is Cc1ccc(CNC(C)CNC2CC2)o1. The molecule has 1 aromatic heterocycles. The van der Waals surface area contributed by atoms with Crippen LogP contribution in [-0.2, 0) is 6.54 Å². The lowest BCUT2D eigenvalue weighted by Gasteiger charge is -2.13. The van der Waals surface area contributed by atoms with Gasteiger partial charge in [0.25, 0.3) is 0 Å². The van der Waals surface area contributed by atoms with Crippen molar-refractivity contribution in [3.05, 3.63) is 23.7 Å². The fourth-order valence-corrected chi connectivity index (χ4v) is 1.56. The third kappa shape index (κ3) is 3.68. The van der Waals surface area contributed by atoms with E-state index in [1.54, 1.807) is 0 Å². The Labute approximate surface area is 91.2 Å². The Hall–Kier alpha value is -0.800. The fraction of sp³-hybridized carbons (Fsp3) is 0.667. The molecule has 3 heteroatoms. The molecule has 2 N–H and O–H groups in total. The van der Waals surface area contributed by atoms with Crippen LogP contribution in [0.25, 0.3) is 0 Å². The highest BCUT2D eigenvalue weighted by atomic mass is 16.3. The quantitative estimate of drug-likeness (QED) is 0.748. The van der Waals surface area contributed by atoms with Crippen LogP contribution < -0.4 is 10.6 Å². The summed E-state index contributed by atoms with van der Waals surface area (Å²) < 4.78 is 5.49. The molecule has 1 saturated carbocycles. The lowest BCUT2D eigenvalue weighted by molar-refractivity contribution is 0.430. The van der Waals surface area contributed by atoms with Crippen LogP contribution in [0.4, 0.5) is 0 Å². The Morgan fingerprint density at radius 2 is 2.27 bits per heavy atom. The predicted octanol–water partition coefficient (Wildman–Crippen LogP) is 1.82. The molecule has 15 heavy (non-hydrogen) atoms. The average Bonchev–Trinajstić information content (AvgIpc) is 2.95. The molecular weight excluding hydrogens is 188 g/mol. The topological polar surface area (TPSA) is 37.2 Å². The molecule has 1 atom stereocenters. The van der Waals surface area contributed by atoms with Gasteiger partial charge in [0, 0.05) is 18.6 Å². The summed E-state index contributed by atoms with van der Waals surface area (Å²) in [6.45, 7) is 6.04. The normalized spacial score (nSPS) is 18.0. The lowest BCUT2D eigenvalue weighted by Crippen LogP contribution is -2.36. The first-order chi connectivity index (χ1) is 7.24. The van der Waals surface area contributed by atoms with Gasteiger partial charge < -0.3 is 15.1 Å². The number of hydrogen-bond donors (Lipinski definition) is 2. The molecule has 0 bridgehead atoms. The molecule has 2 rings (SSSR count). The van der Waals surface area contributed by atoms with Crippen LogP contribution >= 0.6 is 0 Å². The first kappa shape index (κ1) is 10.7. The van der Waals surface area contributed by atoms with E-state index in [0.717, 1.165) is 30.7 Å². The summed E-state index contributed by atoms with van der Waals surface area (Å²) in [5.74, 6) is 2.00. The molecule has 0 radical (unpaired) electrons. The second-order valence-electron chi connectivity index (χ2n) is 4.48. The third-order valence-electron chi connectivity index (χ3n) is 2.71. The van der Waals surface area contributed by atoms with Crippen molar-refractivity contribution < 1.29 is 4.42 Å². The fourth-order valence-electron chi connectivity index (χ4n) is 1.56. The molecule has 1 aliphatic rings. The van der Waals surface area contributed by atoms with Crippen LogP contribution in [0.3, 0.4) is 0 Å². The van der Waals surface area contributed by atoms with Gasteiger partial charge in [-0.15, -0.1) is 0 Å². The van der Waals surface area contributed by atoms with E-state index < -0.39 is 0 Å². The summed E-state index contributed by atoms with van der Waals surface area (Å²) in [5.41, 5.74) is 0. The lowest BCUT2D eigenvalue weighted by atomic mass is 10.3. The van der Waals surface area contributed by atoms with E-state index in [9.17, 15) is 0 Å². The van der Waals surface area contributed by atoms with Gasteiger partial charge in [0.15, 0.2) is 0 Å². The summed E-state index contributed by atoms with van der Waals surface area (Å²) in [5, 5.41) is 6.94. The number of hydrogen-bond acceptors (Lipinski definition) is 3. The molecular formula is C12H20N2O. The molecule has 1 unspecified atom stereocenters. The molecule has 0 aliphatic heterocycles. The van der Waals surface area contributed by atoms with Gasteiger partial charge in [-0.05, 0) is 38.8 Å². The summed E-state index contributed by atoms with van der Waals surface area (Å²) in [7, 11) is 0. The van der Waals surface area contributed by atoms with Crippen molar-refractivity contribution in [3.8, 4) is 0 Å². The number of furan rings is 1. The van der Waals surface area contributed by atoms with Crippen LogP contribution in [0.5, 0.6) is 0 Å². The van der Waals surface area contributed by atoms with Crippen LogP contribution in [0.2, 0.25) is 0 Å². The molecule has 1 aromatic rings. The van der Waals surface area contributed by atoms with Gasteiger partial charge in [0.2, 0.25) is 0 Å². The summed E-state index contributed by atoms with van der Waals surface area (Å²) in [6.07, 6.45) is 2.70. The summed E-state index contributed by atoms with van der Waals surface area (Å²) >= 11 is 0. The van der Waals surface area contributed by atoms with Crippen LogP contribution in [0.15, 0.2) is 16.5 Å².